The van der Waals surface area contributed by atoms with E-state index in [-0.39, 0.29) is 24.3 Å². The van der Waals surface area contributed by atoms with Crippen molar-refractivity contribution in [2.45, 2.75) is 40.0 Å². The van der Waals surface area contributed by atoms with Gasteiger partial charge in [0.05, 0.1) is 35.4 Å². The first-order chi connectivity index (χ1) is 17.3. The Bertz CT molecular complexity index is 1290. The van der Waals surface area contributed by atoms with Gasteiger partial charge in [-0.15, -0.1) is 0 Å². The number of hydrogen-bond acceptors (Lipinski definition) is 6. The van der Waals surface area contributed by atoms with Crippen LogP contribution in [0, 0.1) is 5.92 Å². The van der Waals surface area contributed by atoms with E-state index in [1.54, 1.807) is 60.9 Å². The zero-order chi connectivity index (χ0) is 26.0. The maximum absolute atomic E-state index is 13.5. The summed E-state index contributed by atoms with van der Waals surface area (Å²) in [4.78, 5) is 53.1. The maximum Gasteiger partial charge on any atom is 0.340 e. The summed E-state index contributed by atoms with van der Waals surface area (Å²) in [6.45, 7) is 5.96. The largest absolute Gasteiger partial charge is 0.462 e. The third-order valence-corrected chi connectivity index (χ3v) is 6.29. The summed E-state index contributed by atoms with van der Waals surface area (Å²) in [7, 11) is 0. The number of amides is 3. The van der Waals surface area contributed by atoms with Gasteiger partial charge < -0.3 is 4.74 Å². The van der Waals surface area contributed by atoms with Gasteiger partial charge in [0.15, 0.2) is 0 Å². The van der Waals surface area contributed by atoms with Crippen molar-refractivity contribution in [3.8, 4) is 11.1 Å². The summed E-state index contributed by atoms with van der Waals surface area (Å²) in [6.07, 6.45) is 1.22. The smallest absolute Gasteiger partial charge is 0.340 e. The summed E-state index contributed by atoms with van der Waals surface area (Å²) in [5.74, 6) is -1.83. The molecule has 2 aliphatic carbocycles. The van der Waals surface area contributed by atoms with Crippen LogP contribution in [0.25, 0.3) is 11.1 Å². The zero-order valence-corrected chi connectivity index (χ0v) is 20.5. The van der Waals surface area contributed by atoms with Crippen molar-refractivity contribution in [3.63, 3.8) is 0 Å². The average molecular weight is 489 g/mol. The van der Waals surface area contributed by atoms with E-state index >= 15 is 0 Å². The van der Waals surface area contributed by atoms with Gasteiger partial charge in [0, 0.05) is 0 Å². The SMILES string of the molecule is CCOC(=O)c1c2ccc(CC(=O)NO)ccc-2c(CCC(C)C)c1N1C(=O)c2ccccc2C1=O. The second-order valence-corrected chi connectivity index (χ2v) is 9.13. The first kappa shape index (κ1) is 25.1. The van der Waals surface area contributed by atoms with E-state index in [1.807, 2.05) is 0 Å². The van der Waals surface area contributed by atoms with Gasteiger partial charge >= 0.3 is 5.97 Å². The first-order valence-corrected chi connectivity index (χ1v) is 11.9. The van der Waals surface area contributed by atoms with Crippen LogP contribution in [0.1, 0.15) is 69.4 Å². The van der Waals surface area contributed by atoms with Crippen molar-refractivity contribution >= 4 is 29.4 Å². The van der Waals surface area contributed by atoms with Crippen LogP contribution in [-0.4, -0.2) is 35.5 Å². The maximum atomic E-state index is 13.5. The van der Waals surface area contributed by atoms with Crippen molar-refractivity contribution in [2.75, 3.05) is 11.5 Å². The minimum absolute atomic E-state index is 0.0604. The van der Waals surface area contributed by atoms with Crippen LogP contribution in [0.3, 0.4) is 0 Å². The molecule has 0 aromatic heterocycles. The summed E-state index contributed by atoms with van der Waals surface area (Å²) in [5, 5.41) is 8.90. The van der Waals surface area contributed by atoms with Crippen LogP contribution >= 0.6 is 0 Å². The molecule has 186 valence electrons. The van der Waals surface area contributed by atoms with Crippen molar-refractivity contribution in [1.82, 2.24) is 5.48 Å². The molecule has 0 unspecified atom stereocenters. The van der Waals surface area contributed by atoms with Gasteiger partial charge in [-0.2, -0.15) is 0 Å². The number of fused-ring (bicyclic) bond motifs is 2. The number of imide groups is 1. The van der Waals surface area contributed by atoms with Crippen LogP contribution in [0.2, 0.25) is 0 Å². The predicted octanol–water partition coefficient (Wildman–Crippen LogP) is 4.41. The molecular weight excluding hydrogens is 460 g/mol. The lowest BCUT2D eigenvalue weighted by molar-refractivity contribution is -0.128. The van der Waals surface area contributed by atoms with Crippen LogP contribution in [0.5, 0.6) is 0 Å². The number of hydrogen-bond donors (Lipinski definition) is 2. The van der Waals surface area contributed by atoms with Crippen molar-refractivity contribution in [1.29, 1.82) is 0 Å². The molecule has 8 heteroatoms. The second kappa shape index (κ2) is 10.3. The fourth-order valence-corrected chi connectivity index (χ4v) is 4.58. The molecule has 36 heavy (non-hydrogen) atoms. The molecule has 0 bridgehead atoms. The van der Waals surface area contributed by atoms with Crippen LogP contribution in [0.15, 0.2) is 48.5 Å². The zero-order valence-electron chi connectivity index (χ0n) is 20.5. The fraction of sp³-hybridized carbons (Fsp3) is 0.286. The molecule has 0 atom stereocenters. The van der Waals surface area contributed by atoms with Gasteiger partial charge in [0.1, 0.15) is 0 Å². The van der Waals surface area contributed by atoms with Crippen LogP contribution in [-0.2, 0) is 22.4 Å². The molecule has 2 N–H and O–H groups in total. The lowest BCUT2D eigenvalue weighted by atomic mass is 9.99. The molecule has 1 aromatic carbocycles. The molecule has 1 aliphatic heterocycles. The van der Waals surface area contributed by atoms with Crippen molar-refractivity contribution in [3.05, 3.63) is 76.3 Å². The highest BCUT2D eigenvalue weighted by Crippen LogP contribution is 2.46. The molecule has 0 fully saturated rings. The Balaban J connectivity index is 1.99. The van der Waals surface area contributed by atoms with Gasteiger partial charge in [-0.1, -0.05) is 50.2 Å². The predicted molar refractivity (Wildman–Crippen MR) is 133 cm³/mol. The fourth-order valence-electron chi connectivity index (χ4n) is 4.58. The van der Waals surface area contributed by atoms with E-state index < -0.39 is 23.7 Å². The van der Waals surface area contributed by atoms with E-state index in [4.69, 9.17) is 9.94 Å². The van der Waals surface area contributed by atoms with E-state index in [1.165, 1.54) is 0 Å². The molecule has 0 radical (unpaired) electrons. The van der Waals surface area contributed by atoms with Crippen molar-refractivity contribution < 1.29 is 29.1 Å². The van der Waals surface area contributed by atoms with E-state index in [9.17, 15) is 19.2 Å². The third-order valence-electron chi connectivity index (χ3n) is 6.29. The minimum Gasteiger partial charge on any atom is -0.462 e. The van der Waals surface area contributed by atoms with Gasteiger partial charge in [-0.3, -0.25) is 19.6 Å². The number of rotatable bonds is 8. The number of carbonyl (C=O) groups is 4. The number of anilines is 1. The molecule has 3 amide bonds. The molecule has 0 spiro atoms. The summed E-state index contributed by atoms with van der Waals surface area (Å²) >= 11 is 0. The highest BCUT2D eigenvalue weighted by atomic mass is 16.5. The standard InChI is InChI=1S/C28H28N2O6/c1-4-36-28(34)24-19-14-11-17(15-23(31)29-35)10-13-18(19)20(12-9-16(2)3)25(24)30-26(32)21-7-5-6-8-22(21)27(30)33/h5-8,10-11,13-14,16,35H,4,9,12,15H2,1-3H3,(H,29,31). The van der Waals surface area contributed by atoms with Gasteiger partial charge in [-0.25, -0.2) is 15.2 Å². The molecule has 4 rings (SSSR count). The van der Waals surface area contributed by atoms with Crippen LogP contribution in [0.4, 0.5) is 5.69 Å². The second-order valence-electron chi connectivity index (χ2n) is 9.13. The Morgan fingerprint density at radius 3 is 2.11 bits per heavy atom. The number of ether oxygens (including phenoxy) is 1. The lowest BCUT2D eigenvalue weighted by Gasteiger charge is -2.18. The number of benzene rings is 1. The first-order valence-electron chi connectivity index (χ1n) is 11.9. The van der Waals surface area contributed by atoms with Gasteiger partial charge in [-0.05, 0) is 60.1 Å². The average Bonchev–Trinajstić information content (AvgIpc) is 3.19. The monoisotopic (exact) mass is 488 g/mol. The van der Waals surface area contributed by atoms with Crippen LogP contribution < -0.4 is 10.4 Å². The Morgan fingerprint density at radius 2 is 1.56 bits per heavy atom. The summed E-state index contributed by atoms with van der Waals surface area (Å²) in [6, 6.07) is 13.5. The van der Waals surface area contributed by atoms with E-state index in [0.29, 0.717) is 45.7 Å². The summed E-state index contributed by atoms with van der Waals surface area (Å²) in [5.41, 5.74) is 5.14. The molecular formula is C28H28N2O6. The van der Waals surface area contributed by atoms with Gasteiger partial charge in [0.25, 0.3) is 11.8 Å². The summed E-state index contributed by atoms with van der Waals surface area (Å²) < 4.78 is 5.38. The Kier molecular flexibility index (Phi) is 7.17. The Hall–Kier alpha value is -4.04. The molecule has 1 aromatic rings. The third kappa shape index (κ3) is 4.47. The Morgan fingerprint density at radius 1 is 0.944 bits per heavy atom. The number of carbonyl (C=O) groups excluding carboxylic acids is 4. The lowest BCUT2D eigenvalue weighted by Crippen LogP contribution is -2.31. The normalized spacial score (nSPS) is 12.9. The number of esters is 1. The number of nitrogens with zero attached hydrogens (tertiary/aromatic N) is 1. The number of nitrogens with one attached hydrogen (secondary N) is 1. The van der Waals surface area contributed by atoms with E-state index in [0.717, 1.165) is 11.3 Å². The highest BCUT2D eigenvalue weighted by molar-refractivity contribution is 6.36. The van der Waals surface area contributed by atoms with Gasteiger partial charge in [0.2, 0.25) is 5.91 Å². The van der Waals surface area contributed by atoms with E-state index in [2.05, 4.69) is 13.8 Å². The number of hydroxylamine groups is 1. The minimum atomic E-state index is -0.634. The molecule has 8 nitrogen and oxygen atoms in total. The quantitative estimate of drug-likeness (QED) is 0.210. The molecule has 0 saturated heterocycles. The molecule has 1 heterocycles. The Labute approximate surface area is 209 Å². The van der Waals surface area contributed by atoms with Crippen molar-refractivity contribution in [2.24, 2.45) is 5.92 Å². The molecule has 3 aliphatic rings. The topological polar surface area (TPSA) is 113 Å². The highest BCUT2D eigenvalue weighted by Gasteiger charge is 2.42. The molecule has 0 saturated carbocycles.